The predicted octanol–water partition coefficient (Wildman–Crippen LogP) is 4.18. The zero-order valence-electron chi connectivity index (χ0n) is 11.3. The maximum atomic E-state index is 6.18. The zero-order valence-corrected chi connectivity index (χ0v) is 12.0. The van der Waals surface area contributed by atoms with E-state index in [0.29, 0.717) is 11.6 Å². The van der Waals surface area contributed by atoms with Crippen LogP contribution in [-0.2, 0) is 6.54 Å². The van der Waals surface area contributed by atoms with Gasteiger partial charge in [-0.3, -0.25) is 0 Å². The Bertz CT molecular complexity index is 390. The average Bonchev–Trinajstić information content (AvgIpc) is 2.32. The van der Waals surface area contributed by atoms with Gasteiger partial charge in [-0.05, 0) is 37.6 Å². The zero-order chi connectivity index (χ0) is 13.4. The summed E-state index contributed by atoms with van der Waals surface area (Å²) in [5.74, 6) is 0.747. The van der Waals surface area contributed by atoms with Gasteiger partial charge >= 0.3 is 0 Å². The Morgan fingerprint density at radius 3 is 2.83 bits per heavy atom. The molecule has 2 nitrogen and oxygen atoms in total. The second-order valence-electron chi connectivity index (χ2n) is 4.50. The van der Waals surface area contributed by atoms with E-state index in [-0.39, 0.29) is 0 Å². The number of halogens is 1. The third-order valence-corrected chi connectivity index (χ3v) is 2.83. The van der Waals surface area contributed by atoms with Crippen LogP contribution in [0.15, 0.2) is 30.4 Å². The second-order valence-corrected chi connectivity index (χ2v) is 4.90. The molecule has 0 radical (unpaired) electrons. The van der Waals surface area contributed by atoms with Gasteiger partial charge in [0, 0.05) is 13.0 Å². The van der Waals surface area contributed by atoms with Crippen molar-refractivity contribution in [1.29, 1.82) is 0 Å². The van der Waals surface area contributed by atoms with Crippen molar-refractivity contribution in [2.75, 3.05) is 13.2 Å². The Morgan fingerprint density at radius 1 is 1.44 bits per heavy atom. The quantitative estimate of drug-likeness (QED) is 0.563. The van der Waals surface area contributed by atoms with Gasteiger partial charge in [-0.2, -0.15) is 0 Å². The largest absolute Gasteiger partial charge is 0.492 e. The molecule has 1 N–H and O–H groups in total. The van der Waals surface area contributed by atoms with Gasteiger partial charge < -0.3 is 10.1 Å². The molecule has 0 saturated carbocycles. The SMILES string of the molecule is C=C(C)CCOc1ccc(CNCCC)cc1Cl. The van der Waals surface area contributed by atoms with Crippen molar-refractivity contribution < 1.29 is 4.74 Å². The molecule has 0 aliphatic carbocycles. The van der Waals surface area contributed by atoms with Crippen LogP contribution in [0.2, 0.25) is 5.02 Å². The molecule has 0 aliphatic heterocycles. The monoisotopic (exact) mass is 267 g/mol. The molecule has 3 heteroatoms. The molecule has 0 unspecified atom stereocenters. The van der Waals surface area contributed by atoms with Crippen molar-refractivity contribution in [3.05, 3.63) is 40.9 Å². The lowest BCUT2D eigenvalue weighted by molar-refractivity contribution is 0.322. The van der Waals surface area contributed by atoms with Crippen LogP contribution in [0.1, 0.15) is 32.3 Å². The molecule has 100 valence electrons. The highest BCUT2D eigenvalue weighted by Crippen LogP contribution is 2.25. The molecule has 0 heterocycles. The summed E-state index contributed by atoms with van der Waals surface area (Å²) in [5.41, 5.74) is 2.30. The molecule has 0 saturated heterocycles. The standard InChI is InChI=1S/C15H22ClNO/c1-4-8-17-11-13-5-6-15(14(16)10-13)18-9-7-12(2)3/h5-6,10,17H,2,4,7-9,11H2,1,3H3. The van der Waals surface area contributed by atoms with E-state index in [4.69, 9.17) is 16.3 Å². The first kappa shape index (κ1) is 15.1. The first-order chi connectivity index (χ1) is 8.63. The van der Waals surface area contributed by atoms with E-state index in [9.17, 15) is 0 Å². The molecule has 0 amide bonds. The fourth-order valence-electron chi connectivity index (χ4n) is 1.52. The van der Waals surface area contributed by atoms with E-state index < -0.39 is 0 Å². The third kappa shape index (κ3) is 5.56. The normalized spacial score (nSPS) is 10.4. The number of hydrogen-bond donors (Lipinski definition) is 1. The Hall–Kier alpha value is -0.990. The van der Waals surface area contributed by atoms with E-state index in [1.807, 2.05) is 25.1 Å². The Balaban J connectivity index is 2.48. The van der Waals surface area contributed by atoms with Gasteiger partial charge in [-0.25, -0.2) is 0 Å². The smallest absolute Gasteiger partial charge is 0.137 e. The summed E-state index contributed by atoms with van der Waals surface area (Å²) in [5, 5.41) is 4.02. The number of benzene rings is 1. The lowest BCUT2D eigenvalue weighted by atomic mass is 10.2. The van der Waals surface area contributed by atoms with Gasteiger partial charge in [-0.1, -0.05) is 30.2 Å². The van der Waals surface area contributed by atoms with Gasteiger partial charge in [-0.15, -0.1) is 6.58 Å². The molecular formula is C15H22ClNO. The first-order valence-corrected chi connectivity index (χ1v) is 6.77. The van der Waals surface area contributed by atoms with E-state index in [1.54, 1.807) is 0 Å². The molecule has 0 fully saturated rings. The minimum Gasteiger partial charge on any atom is -0.492 e. The van der Waals surface area contributed by atoms with Crippen LogP contribution >= 0.6 is 11.6 Å². The minimum atomic E-state index is 0.627. The number of nitrogens with one attached hydrogen (secondary N) is 1. The fourth-order valence-corrected chi connectivity index (χ4v) is 1.77. The molecular weight excluding hydrogens is 246 g/mol. The van der Waals surface area contributed by atoms with E-state index in [2.05, 4.69) is 18.8 Å². The summed E-state index contributed by atoms with van der Waals surface area (Å²) in [6.07, 6.45) is 1.99. The van der Waals surface area contributed by atoms with Crippen LogP contribution in [0.4, 0.5) is 0 Å². The van der Waals surface area contributed by atoms with Crippen molar-refractivity contribution in [3.8, 4) is 5.75 Å². The van der Waals surface area contributed by atoms with E-state index in [0.717, 1.165) is 37.3 Å². The number of ether oxygens (including phenoxy) is 1. The van der Waals surface area contributed by atoms with Gasteiger partial charge in [0.2, 0.25) is 0 Å². The van der Waals surface area contributed by atoms with Crippen molar-refractivity contribution in [2.45, 2.75) is 33.2 Å². The highest BCUT2D eigenvalue weighted by atomic mass is 35.5. The third-order valence-electron chi connectivity index (χ3n) is 2.54. The van der Waals surface area contributed by atoms with E-state index >= 15 is 0 Å². The highest BCUT2D eigenvalue weighted by molar-refractivity contribution is 6.32. The molecule has 1 rings (SSSR count). The van der Waals surface area contributed by atoms with Crippen LogP contribution in [0, 0.1) is 0 Å². The summed E-state index contributed by atoms with van der Waals surface area (Å²) in [6.45, 7) is 10.5. The summed E-state index contributed by atoms with van der Waals surface area (Å²) in [7, 11) is 0. The number of hydrogen-bond acceptors (Lipinski definition) is 2. The summed E-state index contributed by atoms with van der Waals surface area (Å²) in [6, 6.07) is 5.94. The van der Waals surface area contributed by atoms with Crippen molar-refractivity contribution >= 4 is 11.6 Å². The molecule has 0 aromatic heterocycles. The van der Waals surface area contributed by atoms with Crippen molar-refractivity contribution in [2.24, 2.45) is 0 Å². The van der Waals surface area contributed by atoms with Crippen molar-refractivity contribution in [3.63, 3.8) is 0 Å². The maximum Gasteiger partial charge on any atom is 0.137 e. The molecule has 0 atom stereocenters. The van der Waals surface area contributed by atoms with Crippen LogP contribution < -0.4 is 10.1 Å². The van der Waals surface area contributed by atoms with Crippen LogP contribution in [0.5, 0.6) is 5.75 Å². The molecule has 18 heavy (non-hydrogen) atoms. The molecule has 0 aliphatic rings. The molecule has 1 aromatic rings. The van der Waals surface area contributed by atoms with Crippen LogP contribution in [0.25, 0.3) is 0 Å². The average molecular weight is 268 g/mol. The molecule has 0 bridgehead atoms. The van der Waals surface area contributed by atoms with Gasteiger partial charge in [0.1, 0.15) is 5.75 Å². The number of rotatable bonds is 8. The molecule has 0 spiro atoms. The second kappa shape index (κ2) is 8.17. The first-order valence-electron chi connectivity index (χ1n) is 6.39. The summed E-state index contributed by atoms with van der Waals surface area (Å²) < 4.78 is 5.62. The Kier molecular flexibility index (Phi) is 6.84. The lowest BCUT2D eigenvalue weighted by Crippen LogP contribution is -2.13. The van der Waals surface area contributed by atoms with Gasteiger partial charge in [0.05, 0.1) is 11.6 Å². The maximum absolute atomic E-state index is 6.18. The predicted molar refractivity (Wildman–Crippen MR) is 78.4 cm³/mol. The van der Waals surface area contributed by atoms with Gasteiger partial charge in [0.15, 0.2) is 0 Å². The Labute approximate surface area is 115 Å². The highest BCUT2D eigenvalue weighted by Gasteiger charge is 2.03. The minimum absolute atomic E-state index is 0.627. The van der Waals surface area contributed by atoms with Crippen molar-refractivity contribution in [1.82, 2.24) is 5.32 Å². The summed E-state index contributed by atoms with van der Waals surface area (Å²) >= 11 is 6.18. The van der Waals surface area contributed by atoms with Crippen LogP contribution in [0.3, 0.4) is 0 Å². The lowest BCUT2D eigenvalue weighted by Gasteiger charge is -2.10. The topological polar surface area (TPSA) is 21.3 Å². The molecule has 1 aromatic carbocycles. The fraction of sp³-hybridized carbons (Fsp3) is 0.467. The van der Waals surface area contributed by atoms with Crippen LogP contribution in [-0.4, -0.2) is 13.2 Å². The van der Waals surface area contributed by atoms with Gasteiger partial charge in [0.25, 0.3) is 0 Å². The Morgan fingerprint density at radius 2 is 2.22 bits per heavy atom. The van der Waals surface area contributed by atoms with E-state index in [1.165, 1.54) is 5.56 Å². The summed E-state index contributed by atoms with van der Waals surface area (Å²) in [4.78, 5) is 0.